The summed E-state index contributed by atoms with van der Waals surface area (Å²) >= 11 is 0. The molecule has 1 aliphatic carbocycles. The van der Waals surface area contributed by atoms with Crippen molar-refractivity contribution in [3.63, 3.8) is 0 Å². The maximum Gasteiger partial charge on any atom is 0.0735 e. The number of hydrogen-bond donors (Lipinski definition) is 1. The van der Waals surface area contributed by atoms with Gasteiger partial charge in [0.15, 0.2) is 0 Å². The average Bonchev–Trinajstić information content (AvgIpc) is 2.54. The van der Waals surface area contributed by atoms with Crippen LogP contribution in [0.15, 0.2) is 30.3 Å². The van der Waals surface area contributed by atoms with Crippen LogP contribution in [0.25, 0.3) is 0 Å². The number of rotatable bonds is 8. The summed E-state index contributed by atoms with van der Waals surface area (Å²) < 4.78 is 11.5. The Morgan fingerprint density at radius 1 is 1.10 bits per heavy atom. The lowest BCUT2D eigenvalue weighted by Crippen LogP contribution is -2.45. The highest BCUT2D eigenvalue weighted by molar-refractivity contribution is 5.20. The van der Waals surface area contributed by atoms with Gasteiger partial charge in [-0.2, -0.15) is 0 Å². The van der Waals surface area contributed by atoms with E-state index in [2.05, 4.69) is 42.6 Å². The van der Waals surface area contributed by atoms with Gasteiger partial charge in [0.1, 0.15) is 0 Å². The number of hydrogen-bond acceptors (Lipinski definition) is 3. The monoisotopic (exact) mass is 291 g/mol. The summed E-state index contributed by atoms with van der Waals surface area (Å²) in [4.78, 5) is 0. The molecule has 0 bridgehead atoms. The molecule has 3 nitrogen and oxygen atoms in total. The van der Waals surface area contributed by atoms with Gasteiger partial charge in [0.25, 0.3) is 0 Å². The third-order valence-electron chi connectivity index (χ3n) is 4.29. The van der Waals surface area contributed by atoms with E-state index in [1.165, 1.54) is 18.4 Å². The number of benzene rings is 1. The van der Waals surface area contributed by atoms with Gasteiger partial charge in [-0.25, -0.2) is 0 Å². The van der Waals surface area contributed by atoms with Gasteiger partial charge in [-0.15, -0.1) is 0 Å². The Labute approximate surface area is 129 Å². The van der Waals surface area contributed by atoms with Crippen LogP contribution in [0.3, 0.4) is 0 Å². The van der Waals surface area contributed by atoms with Gasteiger partial charge in [0.2, 0.25) is 0 Å². The predicted octanol–water partition coefficient (Wildman–Crippen LogP) is 3.35. The van der Waals surface area contributed by atoms with Gasteiger partial charge >= 0.3 is 0 Å². The van der Waals surface area contributed by atoms with Crippen LogP contribution >= 0.6 is 0 Å². The molecule has 0 aliphatic heterocycles. The minimum Gasteiger partial charge on any atom is -0.379 e. The van der Waals surface area contributed by atoms with E-state index in [0.29, 0.717) is 31.3 Å². The lowest BCUT2D eigenvalue weighted by molar-refractivity contribution is -0.0275. The van der Waals surface area contributed by atoms with Crippen molar-refractivity contribution in [1.82, 2.24) is 5.32 Å². The van der Waals surface area contributed by atoms with Crippen molar-refractivity contribution in [2.45, 2.75) is 51.2 Å². The van der Waals surface area contributed by atoms with E-state index in [1.54, 1.807) is 0 Å². The summed E-state index contributed by atoms with van der Waals surface area (Å²) in [6, 6.07) is 11.3. The zero-order chi connectivity index (χ0) is 14.9. The molecular formula is C18H29NO2. The second-order valence-corrected chi connectivity index (χ2v) is 5.69. The van der Waals surface area contributed by atoms with E-state index in [9.17, 15) is 0 Å². The fourth-order valence-electron chi connectivity index (χ4n) is 3.24. The maximum atomic E-state index is 6.11. The second kappa shape index (κ2) is 9.19. The molecule has 0 spiro atoms. The molecule has 0 aromatic heterocycles. The standard InChI is InChI=1S/C18H29NO2/c1-3-19-17-11-10-16(15-8-6-5-7-9-15)14-18(17)21-13-12-20-4-2/h5-9,16-19H,3-4,10-14H2,1-2H3. The van der Waals surface area contributed by atoms with Crippen molar-refractivity contribution in [3.8, 4) is 0 Å². The summed E-state index contributed by atoms with van der Waals surface area (Å²) in [6.07, 6.45) is 3.83. The first-order valence-corrected chi connectivity index (χ1v) is 8.32. The van der Waals surface area contributed by atoms with Gasteiger partial charge in [-0.05, 0) is 44.2 Å². The van der Waals surface area contributed by atoms with Crippen molar-refractivity contribution in [1.29, 1.82) is 0 Å². The van der Waals surface area contributed by atoms with Crippen LogP contribution < -0.4 is 5.32 Å². The van der Waals surface area contributed by atoms with E-state index < -0.39 is 0 Å². The molecule has 1 aromatic rings. The lowest BCUT2D eigenvalue weighted by Gasteiger charge is -2.36. The van der Waals surface area contributed by atoms with Crippen molar-refractivity contribution in [2.75, 3.05) is 26.4 Å². The van der Waals surface area contributed by atoms with Crippen molar-refractivity contribution in [3.05, 3.63) is 35.9 Å². The molecule has 0 radical (unpaired) electrons. The van der Waals surface area contributed by atoms with Crippen LogP contribution in [-0.2, 0) is 9.47 Å². The van der Waals surface area contributed by atoms with Gasteiger partial charge in [-0.1, -0.05) is 37.3 Å². The van der Waals surface area contributed by atoms with Crippen LogP contribution in [0.4, 0.5) is 0 Å². The molecule has 118 valence electrons. The summed E-state index contributed by atoms with van der Waals surface area (Å²) in [6.45, 7) is 7.35. The first-order valence-electron chi connectivity index (χ1n) is 8.32. The zero-order valence-corrected chi connectivity index (χ0v) is 13.4. The normalized spacial score (nSPS) is 25.9. The molecule has 3 heteroatoms. The maximum absolute atomic E-state index is 6.11. The summed E-state index contributed by atoms with van der Waals surface area (Å²) in [7, 11) is 0. The minimum atomic E-state index is 0.296. The van der Waals surface area contributed by atoms with Crippen molar-refractivity contribution < 1.29 is 9.47 Å². The Morgan fingerprint density at radius 3 is 2.62 bits per heavy atom. The van der Waals surface area contributed by atoms with Crippen LogP contribution in [-0.4, -0.2) is 38.5 Å². The third-order valence-corrected chi connectivity index (χ3v) is 4.29. The average molecular weight is 291 g/mol. The highest BCUT2D eigenvalue weighted by atomic mass is 16.5. The van der Waals surface area contributed by atoms with Crippen LogP contribution in [0.2, 0.25) is 0 Å². The van der Waals surface area contributed by atoms with Crippen molar-refractivity contribution >= 4 is 0 Å². The molecular weight excluding hydrogens is 262 g/mol. The Kier molecular flexibility index (Phi) is 7.20. The van der Waals surface area contributed by atoms with Crippen LogP contribution in [0, 0.1) is 0 Å². The fraction of sp³-hybridized carbons (Fsp3) is 0.667. The Hall–Kier alpha value is -0.900. The van der Waals surface area contributed by atoms with E-state index in [1.807, 2.05) is 6.92 Å². The molecule has 21 heavy (non-hydrogen) atoms. The SMILES string of the molecule is CCNC1CCC(c2ccccc2)CC1OCCOCC. The topological polar surface area (TPSA) is 30.5 Å². The van der Waals surface area contributed by atoms with Gasteiger partial charge in [-0.3, -0.25) is 0 Å². The molecule has 1 aromatic carbocycles. The molecule has 1 saturated carbocycles. The second-order valence-electron chi connectivity index (χ2n) is 5.69. The minimum absolute atomic E-state index is 0.296. The lowest BCUT2D eigenvalue weighted by atomic mass is 9.80. The molecule has 0 amide bonds. The third kappa shape index (κ3) is 5.10. The highest BCUT2D eigenvalue weighted by Gasteiger charge is 2.31. The molecule has 0 saturated heterocycles. The summed E-state index contributed by atoms with van der Waals surface area (Å²) in [5.74, 6) is 0.623. The quantitative estimate of drug-likeness (QED) is 0.745. The zero-order valence-electron chi connectivity index (χ0n) is 13.4. The molecule has 1 N–H and O–H groups in total. The van der Waals surface area contributed by atoms with E-state index in [-0.39, 0.29) is 0 Å². The van der Waals surface area contributed by atoms with E-state index in [0.717, 1.165) is 19.6 Å². The molecule has 2 rings (SSSR count). The molecule has 0 heterocycles. The smallest absolute Gasteiger partial charge is 0.0735 e. The summed E-state index contributed by atoms with van der Waals surface area (Å²) in [5, 5.41) is 3.58. The molecule has 3 unspecified atom stereocenters. The van der Waals surface area contributed by atoms with Gasteiger partial charge in [0, 0.05) is 12.6 Å². The number of ether oxygens (including phenoxy) is 2. The summed E-state index contributed by atoms with van der Waals surface area (Å²) in [5.41, 5.74) is 1.45. The largest absolute Gasteiger partial charge is 0.379 e. The highest BCUT2D eigenvalue weighted by Crippen LogP contribution is 2.34. The van der Waals surface area contributed by atoms with Gasteiger partial charge in [0.05, 0.1) is 19.3 Å². The fourth-order valence-corrected chi connectivity index (χ4v) is 3.24. The first kappa shape index (κ1) is 16.5. The first-order chi connectivity index (χ1) is 10.3. The predicted molar refractivity (Wildman–Crippen MR) is 86.7 cm³/mol. The molecule has 1 fully saturated rings. The Balaban J connectivity index is 1.91. The van der Waals surface area contributed by atoms with Gasteiger partial charge < -0.3 is 14.8 Å². The van der Waals surface area contributed by atoms with E-state index in [4.69, 9.17) is 9.47 Å². The number of likely N-dealkylation sites (N-methyl/N-ethyl adjacent to an activating group) is 1. The molecule has 1 aliphatic rings. The van der Waals surface area contributed by atoms with Crippen molar-refractivity contribution in [2.24, 2.45) is 0 Å². The van der Waals surface area contributed by atoms with Crippen LogP contribution in [0.1, 0.15) is 44.6 Å². The Morgan fingerprint density at radius 2 is 1.90 bits per heavy atom. The van der Waals surface area contributed by atoms with Crippen LogP contribution in [0.5, 0.6) is 0 Å². The van der Waals surface area contributed by atoms with E-state index >= 15 is 0 Å². The number of nitrogens with one attached hydrogen (secondary N) is 1. The molecule has 3 atom stereocenters. The Bertz CT molecular complexity index is 382.